The lowest BCUT2D eigenvalue weighted by Gasteiger charge is -2.33. The number of nitrogens with zero attached hydrogens (tertiary/aromatic N) is 4. The maximum atomic E-state index is 14.9. The Balaban J connectivity index is 1.52. The number of aryl methyl sites for hydroxylation is 2. The van der Waals surface area contributed by atoms with Crippen LogP contribution in [-0.4, -0.2) is 58.8 Å². The number of hydrogen-bond acceptors (Lipinski definition) is 8. The van der Waals surface area contributed by atoms with Crippen molar-refractivity contribution in [2.75, 3.05) is 25.7 Å². The number of carboxylic acids is 1. The van der Waals surface area contributed by atoms with Crippen molar-refractivity contribution in [2.45, 2.75) is 58.4 Å². The number of likely N-dealkylation sites (N-methyl/N-ethyl adjacent to an activating group) is 1. The molecule has 4 aromatic rings. The van der Waals surface area contributed by atoms with Crippen LogP contribution in [-0.2, 0) is 22.4 Å². The highest BCUT2D eigenvalue weighted by atomic mass is 35.5. The van der Waals surface area contributed by atoms with Gasteiger partial charge in [0.15, 0.2) is 5.78 Å². The summed E-state index contributed by atoms with van der Waals surface area (Å²) in [5, 5.41) is 14.2. The van der Waals surface area contributed by atoms with Crippen LogP contribution in [0.3, 0.4) is 0 Å². The Morgan fingerprint density at radius 2 is 1.78 bits per heavy atom. The summed E-state index contributed by atoms with van der Waals surface area (Å²) >= 11 is 6.42. The van der Waals surface area contributed by atoms with Crippen molar-refractivity contribution in [2.24, 2.45) is 11.3 Å². The van der Waals surface area contributed by atoms with Gasteiger partial charge < -0.3 is 24.2 Å². The molecule has 0 radical (unpaired) electrons. The smallest absolute Gasteiger partial charge is 0.497 e. The molecule has 1 aromatic heterocycles. The molecule has 0 aliphatic heterocycles. The van der Waals surface area contributed by atoms with Crippen LogP contribution < -0.4 is 19.1 Å². The highest BCUT2D eigenvalue weighted by Crippen LogP contribution is 2.40. The zero-order chi connectivity index (χ0) is 36.2. The Bertz CT molecular complexity index is 1830. The molecular formula is C36H38ClF3N4O6. The van der Waals surface area contributed by atoms with E-state index < -0.39 is 29.7 Å². The second-order valence-electron chi connectivity index (χ2n) is 12.9. The minimum Gasteiger partial charge on any atom is -0.497 e. The van der Waals surface area contributed by atoms with Crippen molar-refractivity contribution >= 4 is 29.0 Å². The highest BCUT2D eigenvalue weighted by molar-refractivity contribution is 6.30. The fraction of sp³-hybridized carbons (Fsp3) is 0.389. The number of ether oxygens (including phenoxy) is 3. The van der Waals surface area contributed by atoms with Crippen LogP contribution in [0.25, 0.3) is 5.69 Å². The number of carbonyl (C=O) groups is 2. The molecule has 14 heteroatoms. The van der Waals surface area contributed by atoms with Crippen LogP contribution in [0.15, 0.2) is 67.3 Å². The zero-order valence-electron chi connectivity index (χ0n) is 28.0. The van der Waals surface area contributed by atoms with Gasteiger partial charge in [0.25, 0.3) is 0 Å². The molecule has 1 aliphatic carbocycles. The first-order chi connectivity index (χ1) is 23.6. The lowest BCUT2D eigenvalue weighted by atomic mass is 9.86. The number of Topliss-reactive ketones (excluding diaryl/α,β-unsaturated/α-hetero) is 1. The van der Waals surface area contributed by atoms with E-state index in [9.17, 15) is 27.9 Å². The van der Waals surface area contributed by atoms with Crippen molar-refractivity contribution < 1.29 is 42.1 Å². The molecule has 3 aromatic carbocycles. The van der Waals surface area contributed by atoms with Crippen LogP contribution in [0.4, 0.5) is 18.9 Å². The van der Waals surface area contributed by atoms with Gasteiger partial charge in [-0.25, -0.2) is 9.67 Å². The standard InChI is InChI=1S/C36H38ClF3N4O6/c1-35(2,34(46)47)13-14-49-31-16-25(37)10-12-30(31)32(43(3)26-17-27(19-29(18-26)48-4)44-21-41-20-42-44)33(45)23-6-5-22-9-11-28(50-36(38,39)40)15-24(22)8-7-23/h9-12,15-21,23,32H,5-8,13-14H2,1-4H3,(H,46,47). The zero-order valence-corrected chi connectivity index (χ0v) is 28.8. The molecule has 0 amide bonds. The molecular weight excluding hydrogens is 677 g/mol. The number of benzene rings is 3. The van der Waals surface area contributed by atoms with E-state index in [4.69, 9.17) is 21.1 Å². The summed E-state index contributed by atoms with van der Waals surface area (Å²) in [6.45, 7) is 3.26. The van der Waals surface area contributed by atoms with Gasteiger partial charge in [0.1, 0.15) is 35.9 Å². The molecule has 1 heterocycles. The first-order valence-corrected chi connectivity index (χ1v) is 16.4. The number of hydrogen-bond donors (Lipinski definition) is 1. The predicted molar refractivity (Wildman–Crippen MR) is 180 cm³/mol. The largest absolute Gasteiger partial charge is 0.573 e. The Labute approximate surface area is 292 Å². The number of ketones is 1. The third-order valence-electron chi connectivity index (χ3n) is 9.03. The van der Waals surface area contributed by atoms with E-state index in [2.05, 4.69) is 14.8 Å². The minimum absolute atomic E-state index is 0.0495. The second kappa shape index (κ2) is 15.0. The van der Waals surface area contributed by atoms with E-state index in [0.29, 0.717) is 64.7 Å². The van der Waals surface area contributed by atoms with E-state index >= 15 is 0 Å². The number of anilines is 1. The quantitative estimate of drug-likeness (QED) is 0.139. The molecule has 2 atom stereocenters. The summed E-state index contributed by atoms with van der Waals surface area (Å²) in [5.74, 6) is -1.03. The van der Waals surface area contributed by atoms with Crippen molar-refractivity contribution in [1.82, 2.24) is 14.8 Å². The summed E-state index contributed by atoms with van der Waals surface area (Å²) in [5.41, 5.74) is 2.29. The van der Waals surface area contributed by atoms with Gasteiger partial charge in [0, 0.05) is 41.4 Å². The molecule has 10 nitrogen and oxygen atoms in total. The minimum atomic E-state index is -4.81. The van der Waals surface area contributed by atoms with Crippen molar-refractivity contribution in [1.29, 1.82) is 0 Å². The molecule has 266 valence electrons. The summed E-state index contributed by atoms with van der Waals surface area (Å²) in [6, 6.07) is 13.8. The van der Waals surface area contributed by atoms with E-state index in [-0.39, 0.29) is 24.6 Å². The number of methoxy groups -OCH3 is 1. The fourth-order valence-corrected chi connectivity index (χ4v) is 6.20. The number of aliphatic carboxylic acids is 1. The number of aromatic nitrogens is 3. The Hall–Kier alpha value is -4.78. The average Bonchev–Trinajstić information content (AvgIpc) is 3.52. The first-order valence-electron chi connectivity index (χ1n) is 16.0. The number of alkyl halides is 3. The van der Waals surface area contributed by atoms with E-state index in [0.717, 1.165) is 5.56 Å². The first kappa shape index (κ1) is 36.5. The third kappa shape index (κ3) is 8.68. The van der Waals surface area contributed by atoms with E-state index in [1.165, 1.54) is 25.6 Å². The van der Waals surface area contributed by atoms with Crippen LogP contribution in [0.5, 0.6) is 17.2 Å². The molecule has 2 unspecified atom stereocenters. The Kier molecular flexibility index (Phi) is 10.9. The average molecular weight is 715 g/mol. The van der Waals surface area contributed by atoms with Crippen molar-refractivity contribution in [3.8, 4) is 22.9 Å². The van der Waals surface area contributed by atoms with Crippen molar-refractivity contribution in [3.05, 3.63) is 89.0 Å². The van der Waals surface area contributed by atoms with Gasteiger partial charge in [-0.15, -0.1) is 13.2 Å². The number of carbonyl (C=O) groups excluding carboxylic acids is 1. The second-order valence-corrected chi connectivity index (χ2v) is 13.3. The van der Waals surface area contributed by atoms with Crippen LogP contribution >= 0.6 is 11.6 Å². The number of fused-ring (bicyclic) bond motifs is 1. The lowest BCUT2D eigenvalue weighted by molar-refractivity contribution is -0.274. The van der Waals surface area contributed by atoms with Gasteiger partial charge in [0.05, 0.1) is 24.8 Å². The summed E-state index contributed by atoms with van der Waals surface area (Å²) in [4.78, 5) is 32.5. The molecule has 0 saturated carbocycles. The summed E-state index contributed by atoms with van der Waals surface area (Å²) in [7, 11) is 3.31. The topological polar surface area (TPSA) is 116 Å². The van der Waals surface area contributed by atoms with E-state index in [1.807, 2.05) is 11.0 Å². The molecule has 1 aliphatic rings. The molecule has 5 rings (SSSR count). The monoisotopic (exact) mass is 714 g/mol. The summed E-state index contributed by atoms with van der Waals surface area (Å²) in [6.07, 6.45) is 0.0456. The molecule has 50 heavy (non-hydrogen) atoms. The third-order valence-corrected chi connectivity index (χ3v) is 9.27. The van der Waals surface area contributed by atoms with Gasteiger partial charge >= 0.3 is 12.3 Å². The Morgan fingerprint density at radius 3 is 2.44 bits per heavy atom. The SMILES string of the molecule is COc1cc(N(C)C(C(=O)C2CCc3ccc(OC(F)(F)F)cc3CC2)c2ccc(Cl)cc2OCCC(C)(C)C(=O)O)cc(-n2cncn2)c1. The maximum absolute atomic E-state index is 14.9. The molecule has 0 bridgehead atoms. The van der Waals surface area contributed by atoms with Crippen LogP contribution in [0.1, 0.15) is 55.8 Å². The van der Waals surface area contributed by atoms with Gasteiger partial charge in [-0.1, -0.05) is 23.7 Å². The molecule has 0 saturated heterocycles. The van der Waals surface area contributed by atoms with Gasteiger partial charge in [-0.2, -0.15) is 5.10 Å². The van der Waals surface area contributed by atoms with Crippen LogP contribution in [0.2, 0.25) is 5.02 Å². The van der Waals surface area contributed by atoms with E-state index in [1.54, 1.807) is 68.3 Å². The molecule has 0 fully saturated rings. The molecule has 0 spiro atoms. The van der Waals surface area contributed by atoms with Gasteiger partial charge in [-0.05, 0) is 87.4 Å². The summed E-state index contributed by atoms with van der Waals surface area (Å²) < 4.78 is 56.3. The highest BCUT2D eigenvalue weighted by Gasteiger charge is 2.36. The Morgan fingerprint density at radius 1 is 1.04 bits per heavy atom. The number of rotatable bonds is 13. The van der Waals surface area contributed by atoms with Crippen molar-refractivity contribution in [3.63, 3.8) is 0 Å². The number of carboxylic acid groups (broad SMARTS) is 1. The van der Waals surface area contributed by atoms with Gasteiger partial charge in [0.2, 0.25) is 0 Å². The maximum Gasteiger partial charge on any atom is 0.573 e. The van der Waals surface area contributed by atoms with Crippen LogP contribution in [0, 0.1) is 11.3 Å². The lowest BCUT2D eigenvalue weighted by Crippen LogP contribution is -2.35. The normalized spacial score (nSPS) is 15.4. The number of halogens is 4. The van der Waals surface area contributed by atoms with Gasteiger partial charge in [-0.3, -0.25) is 9.59 Å². The predicted octanol–water partition coefficient (Wildman–Crippen LogP) is 7.65. The molecule has 1 N–H and O–H groups in total. The fourth-order valence-electron chi connectivity index (χ4n) is 6.03.